The van der Waals surface area contributed by atoms with E-state index in [-0.39, 0.29) is 10.6 Å². The fraction of sp³-hybridized carbons (Fsp3) is 0.0714. The van der Waals surface area contributed by atoms with Crippen molar-refractivity contribution in [2.45, 2.75) is 6.92 Å². The van der Waals surface area contributed by atoms with E-state index in [2.05, 4.69) is 21.2 Å². The number of halogens is 3. The molecular weight excluding hydrogens is 349 g/mol. The number of hydrogen-bond donors (Lipinski definition) is 2. The molecule has 2 aromatic rings. The number of nitrogens with one attached hydrogen (secondary N) is 1. The zero-order valence-corrected chi connectivity index (χ0v) is 12.7. The van der Waals surface area contributed by atoms with Gasteiger partial charge in [-0.25, -0.2) is 9.18 Å². The highest BCUT2D eigenvalue weighted by atomic mass is 79.9. The van der Waals surface area contributed by atoms with Gasteiger partial charge in [0.25, 0.3) is 0 Å². The largest absolute Gasteiger partial charge is 0.478 e. The van der Waals surface area contributed by atoms with Gasteiger partial charge in [-0.3, -0.25) is 0 Å². The molecule has 0 bridgehead atoms. The lowest BCUT2D eigenvalue weighted by atomic mass is 10.1. The molecule has 0 aliphatic heterocycles. The Bertz CT molecular complexity index is 668. The van der Waals surface area contributed by atoms with Crippen molar-refractivity contribution in [1.29, 1.82) is 0 Å². The van der Waals surface area contributed by atoms with E-state index < -0.39 is 11.8 Å². The van der Waals surface area contributed by atoms with Crippen LogP contribution in [0, 0.1) is 12.7 Å². The standard InChI is InChI=1S/C14H10BrClFNO2/c1-7-2-3-9(14(19)20)12(4-7)18-13-10(15)5-8(17)6-11(13)16/h2-6,18H,1H3,(H,19,20). The van der Waals surface area contributed by atoms with Gasteiger partial charge in [0.05, 0.1) is 22.0 Å². The van der Waals surface area contributed by atoms with Crippen molar-refractivity contribution in [3.63, 3.8) is 0 Å². The molecule has 0 saturated carbocycles. The molecule has 0 amide bonds. The third-order valence-electron chi connectivity index (χ3n) is 2.67. The quantitative estimate of drug-likeness (QED) is 0.812. The number of aryl methyl sites for hydroxylation is 1. The Hall–Kier alpha value is -1.59. The zero-order chi connectivity index (χ0) is 14.9. The first-order valence-corrected chi connectivity index (χ1v) is 6.81. The molecule has 0 aromatic heterocycles. The molecule has 0 aliphatic carbocycles. The lowest BCUT2D eigenvalue weighted by Gasteiger charge is -2.13. The van der Waals surface area contributed by atoms with Gasteiger partial charge in [-0.2, -0.15) is 0 Å². The molecule has 0 heterocycles. The van der Waals surface area contributed by atoms with Crippen molar-refractivity contribution in [2.24, 2.45) is 0 Å². The molecule has 2 rings (SSSR count). The van der Waals surface area contributed by atoms with E-state index in [0.29, 0.717) is 15.8 Å². The third-order valence-corrected chi connectivity index (χ3v) is 3.60. The SMILES string of the molecule is Cc1ccc(C(=O)O)c(Nc2c(Cl)cc(F)cc2Br)c1. The van der Waals surface area contributed by atoms with Gasteiger partial charge >= 0.3 is 5.97 Å². The second-order valence-electron chi connectivity index (χ2n) is 4.22. The van der Waals surface area contributed by atoms with Crippen LogP contribution in [0.3, 0.4) is 0 Å². The van der Waals surface area contributed by atoms with Crippen molar-refractivity contribution in [1.82, 2.24) is 0 Å². The lowest BCUT2D eigenvalue weighted by molar-refractivity contribution is 0.0698. The molecule has 3 nitrogen and oxygen atoms in total. The fourth-order valence-electron chi connectivity index (χ4n) is 1.74. The van der Waals surface area contributed by atoms with E-state index in [9.17, 15) is 14.3 Å². The summed E-state index contributed by atoms with van der Waals surface area (Å²) in [5, 5.41) is 12.3. The minimum Gasteiger partial charge on any atom is -0.478 e. The Balaban J connectivity index is 2.50. The summed E-state index contributed by atoms with van der Waals surface area (Å²) >= 11 is 9.18. The summed E-state index contributed by atoms with van der Waals surface area (Å²) in [5.41, 5.74) is 1.82. The Morgan fingerprint density at radius 2 is 2.05 bits per heavy atom. The minimum absolute atomic E-state index is 0.114. The highest BCUT2D eigenvalue weighted by Gasteiger charge is 2.14. The van der Waals surface area contributed by atoms with Crippen LogP contribution in [0.25, 0.3) is 0 Å². The monoisotopic (exact) mass is 357 g/mol. The van der Waals surface area contributed by atoms with Crippen molar-refractivity contribution >= 4 is 44.9 Å². The number of anilines is 2. The van der Waals surface area contributed by atoms with Crippen molar-refractivity contribution in [3.05, 3.63) is 56.8 Å². The van der Waals surface area contributed by atoms with Gasteiger partial charge in [-0.05, 0) is 52.7 Å². The minimum atomic E-state index is -1.05. The Morgan fingerprint density at radius 1 is 1.35 bits per heavy atom. The van der Waals surface area contributed by atoms with Crippen LogP contribution in [0.4, 0.5) is 15.8 Å². The van der Waals surface area contributed by atoms with Crippen LogP contribution in [-0.4, -0.2) is 11.1 Å². The second kappa shape index (κ2) is 5.81. The van der Waals surface area contributed by atoms with Gasteiger partial charge in [-0.1, -0.05) is 17.7 Å². The Morgan fingerprint density at radius 3 is 2.65 bits per heavy atom. The summed E-state index contributed by atoms with van der Waals surface area (Å²) < 4.78 is 13.6. The summed E-state index contributed by atoms with van der Waals surface area (Å²) in [4.78, 5) is 11.2. The molecule has 2 aromatic carbocycles. The highest BCUT2D eigenvalue weighted by Crippen LogP contribution is 2.35. The van der Waals surface area contributed by atoms with E-state index in [1.165, 1.54) is 12.1 Å². The predicted octanol–water partition coefficient (Wildman–Crippen LogP) is 4.99. The summed E-state index contributed by atoms with van der Waals surface area (Å²) in [6.45, 7) is 1.85. The van der Waals surface area contributed by atoms with Crippen LogP contribution in [0.15, 0.2) is 34.8 Å². The van der Waals surface area contributed by atoms with Gasteiger partial charge in [0.15, 0.2) is 0 Å². The van der Waals surface area contributed by atoms with Crippen LogP contribution in [0.5, 0.6) is 0 Å². The first-order chi connectivity index (χ1) is 9.38. The molecule has 6 heteroatoms. The summed E-state index contributed by atoms with van der Waals surface area (Å²) in [7, 11) is 0. The van der Waals surface area contributed by atoms with Gasteiger partial charge in [0.1, 0.15) is 5.82 Å². The fourth-order valence-corrected chi connectivity index (χ4v) is 2.64. The van der Waals surface area contributed by atoms with Crippen LogP contribution in [-0.2, 0) is 0 Å². The van der Waals surface area contributed by atoms with Crippen molar-refractivity contribution in [2.75, 3.05) is 5.32 Å². The first-order valence-electron chi connectivity index (χ1n) is 5.64. The van der Waals surface area contributed by atoms with Crippen LogP contribution in [0.2, 0.25) is 5.02 Å². The molecular formula is C14H10BrClFNO2. The summed E-state index contributed by atoms with van der Waals surface area (Å²) in [6.07, 6.45) is 0. The van der Waals surface area contributed by atoms with Crippen LogP contribution < -0.4 is 5.32 Å². The molecule has 20 heavy (non-hydrogen) atoms. The van der Waals surface area contributed by atoms with Gasteiger partial charge in [0, 0.05) is 4.47 Å². The summed E-state index contributed by atoms with van der Waals surface area (Å²) in [6, 6.07) is 7.31. The predicted molar refractivity (Wildman–Crippen MR) is 80.5 cm³/mol. The van der Waals surface area contributed by atoms with Crippen LogP contribution in [0.1, 0.15) is 15.9 Å². The zero-order valence-electron chi connectivity index (χ0n) is 10.4. The molecule has 0 fully saturated rings. The molecule has 0 atom stereocenters. The highest BCUT2D eigenvalue weighted by molar-refractivity contribution is 9.10. The van der Waals surface area contributed by atoms with Gasteiger partial charge in [-0.15, -0.1) is 0 Å². The molecule has 0 aliphatic rings. The second-order valence-corrected chi connectivity index (χ2v) is 5.49. The average molecular weight is 359 g/mol. The number of hydrogen-bond acceptors (Lipinski definition) is 2. The first kappa shape index (κ1) is 14.8. The number of carbonyl (C=O) groups is 1. The van der Waals surface area contributed by atoms with E-state index in [1.54, 1.807) is 12.1 Å². The van der Waals surface area contributed by atoms with Gasteiger partial charge < -0.3 is 10.4 Å². The van der Waals surface area contributed by atoms with Crippen molar-refractivity contribution < 1.29 is 14.3 Å². The van der Waals surface area contributed by atoms with Crippen molar-refractivity contribution in [3.8, 4) is 0 Å². The molecule has 0 saturated heterocycles. The molecule has 0 unspecified atom stereocenters. The number of benzene rings is 2. The maximum absolute atomic E-state index is 13.2. The maximum Gasteiger partial charge on any atom is 0.337 e. The number of carboxylic acid groups (broad SMARTS) is 1. The Labute approximate surface area is 128 Å². The van der Waals surface area contributed by atoms with E-state index in [4.69, 9.17) is 11.6 Å². The molecule has 0 spiro atoms. The smallest absolute Gasteiger partial charge is 0.337 e. The molecule has 0 radical (unpaired) electrons. The topological polar surface area (TPSA) is 49.3 Å². The van der Waals surface area contributed by atoms with E-state index in [0.717, 1.165) is 11.6 Å². The number of rotatable bonds is 3. The number of aromatic carboxylic acids is 1. The number of carboxylic acids is 1. The molecule has 104 valence electrons. The van der Waals surface area contributed by atoms with E-state index >= 15 is 0 Å². The Kier molecular flexibility index (Phi) is 4.30. The van der Waals surface area contributed by atoms with Gasteiger partial charge in [0.2, 0.25) is 0 Å². The normalized spacial score (nSPS) is 10.4. The molecule has 2 N–H and O–H groups in total. The van der Waals surface area contributed by atoms with Crippen LogP contribution >= 0.6 is 27.5 Å². The summed E-state index contributed by atoms with van der Waals surface area (Å²) in [5.74, 6) is -1.53. The third kappa shape index (κ3) is 3.11. The van der Waals surface area contributed by atoms with E-state index in [1.807, 2.05) is 6.92 Å². The maximum atomic E-state index is 13.2. The lowest BCUT2D eigenvalue weighted by Crippen LogP contribution is -2.04. The average Bonchev–Trinajstić information content (AvgIpc) is 2.33.